The number of nitrogens with zero attached hydrogens (tertiary/aromatic N) is 2. The molecule has 0 bridgehead atoms. The zero-order valence-electron chi connectivity index (χ0n) is 18.8. The van der Waals surface area contributed by atoms with Crippen LogP contribution in [0.15, 0.2) is 60.7 Å². The van der Waals surface area contributed by atoms with Gasteiger partial charge in [-0.3, -0.25) is 9.59 Å². The Bertz CT molecular complexity index is 1330. The van der Waals surface area contributed by atoms with E-state index in [1.807, 2.05) is 0 Å². The maximum Gasteiger partial charge on any atom is 2.00 e. The third-order valence-corrected chi connectivity index (χ3v) is 4.48. The molecule has 0 saturated carbocycles. The summed E-state index contributed by atoms with van der Waals surface area (Å²) in [7, 11) is 0. The first-order chi connectivity index (χ1) is 16.2. The molecule has 10 nitrogen and oxygen atoms in total. The summed E-state index contributed by atoms with van der Waals surface area (Å²) in [6, 6.07) is 16.4. The van der Waals surface area contributed by atoms with E-state index in [2.05, 4.69) is 20.6 Å². The van der Waals surface area contributed by atoms with Crippen molar-refractivity contribution in [1.29, 1.82) is 0 Å². The molecule has 0 spiro atoms. The van der Waals surface area contributed by atoms with E-state index in [1.165, 1.54) is 26.0 Å². The number of para-hydroxylation sites is 2. The number of hydrogen-bond donors (Lipinski definition) is 2. The van der Waals surface area contributed by atoms with Gasteiger partial charge in [0.2, 0.25) is 11.8 Å². The fourth-order valence-electron chi connectivity index (χ4n) is 3.10. The molecule has 0 fully saturated rings. The van der Waals surface area contributed by atoms with Crippen LogP contribution in [0.4, 0.5) is 11.4 Å². The third kappa shape index (κ3) is 7.19. The molecule has 0 aliphatic carbocycles. The Balaban J connectivity index is 0.000000240. The van der Waals surface area contributed by atoms with Crippen molar-refractivity contribution in [3.8, 4) is 0 Å². The van der Waals surface area contributed by atoms with Gasteiger partial charge in [-0.15, -0.1) is 0 Å². The number of carbonyl (C=O) groups is 4. The van der Waals surface area contributed by atoms with Crippen LogP contribution < -0.4 is 20.8 Å². The fourth-order valence-corrected chi connectivity index (χ4v) is 3.10. The molecule has 2 aromatic heterocycles. The Hall–Kier alpha value is -3.60. The van der Waals surface area contributed by atoms with Gasteiger partial charge in [0, 0.05) is 24.6 Å². The summed E-state index contributed by atoms with van der Waals surface area (Å²) < 4.78 is 0. The Labute approximate surface area is 229 Å². The Morgan fingerprint density at radius 2 is 1.00 bits per heavy atom. The van der Waals surface area contributed by atoms with Crippen LogP contribution in [0.25, 0.3) is 21.8 Å². The number of fused-ring (bicyclic) bond motifs is 2. The van der Waals surface area contributed by atoms with Gasteiger partial charge in [0.05, 0.1) is 45.7 Å². The van der Waals surface area contributed by atoms with Crippen molar-refractivity contribution < 1.29 is 29.4 Å². The first-order valence-electron chi connectivity index (χ1n) is 9.93. The van der Waals surface area contributed by atoms with E-state index in [0.717, 1.165) is 10.8 Å². The molecular formula is C24H18CaN4O6. The number of rotatable bonds is 4. The van der Waals surface area contributed by atoms with E-state index >= 15 is 0 Å². The predicted octanol–water partition coefficient (Wildman–Crippen LogP) is 0.733. The Kier molecular flexibility index (Phi) is 9.64. The number of pyridine rings is 2. The summed E-state index contributed by atoms with van der Waals surface area (Å²) >= 11 is 0. The maximum absolute atomic E-state index is 11.0. The van der Waals surface area contributed by atoms with Crippen molar-refractivity contribution in [2.24, 2.45) is 0 Å². The topological polar surface area (TPSA) is 164 Å². The van der Waals surface area contributed by atoms with Crippen LogP contribution in [0.5, 0.6) is 0 Å². The molecule has 2 N–H and O–H groups in total. The third-order valence-electron chi connectivity index (χ3n) is 4.48. The van der Waals surface area contributed by atoms with Crippen LogP contribution >= 0.6 is 0 Å². The number of amides is 2. The van der Waals surface area contributed by atoms with Crippen LogP contribution in [-0.4, -0.2) is 71.5 Å². The molecule has 11 heteroatoms. The number of carboxylic acids is 2. The number of anilines is 2. The van der Waals surface area contributed by atoms with Crippen LogP contribution in [0.2, 0.25) is 0 Å². The number of benzene rings is 2. The summed E-state index contributed by atoms with van der Waals surface area (Å²) in [5, 5.41) is 28.1. The zero-order chi connectivity index (χ0) is 24.8. The smallest absolute Gasteiger partial charge is 0.543 e. The average molecular weight is 499 g/mol. The van der Waals surface area contributed by atoms with Crippen molar-refractivity contribution in [3.63, 3.8) is 0 Å². The van der Waals surface area contributed by atoms with Gasteiger partial charge in [0.25, 0.3) is 0 Å². The Morgan fingerprint density at radius 3 is 1.31 bits per heavy atom. The number of hydrogen-bond acceptors (Lipinski definition) is 8. The molecule has 2 aromatic carbocycles. The van der Waals surface area contributed by atoms with Gasteiger partial charge >= 0.3 is 37.7 Å². The van der Waals surface area contributed by atoms with E-state index in [0.29, 0.717) is 22.4 Å². The molecule has 0 saturated heterocycles. The summed E-state index contributed by atoms with van der Waals surface area (Å²) in [5.41, 5.74) is 1.52. The van der Waals surface area contributed by atoms with E-state index in [-0.39, 0.29) is 60.9 Å². The molecule has 2 amide bonds. The normalized spacial score (nSPS) is 9.89. The molecule has 4 rings (SSSR count). The minimum atomic E-state index is -1.34. The standard InChI is InChI=1S/2C12H10N2O3.Ca/c2*1-7(15)13-9-4-2-3-8-5-6-10(12(16)17)14-11(8)9;/h2*2-6H,1H3,(H,13,15)(H,16,17);/q;;+2/p-2. The second kappa shape index (κ2) is 12.2. The van der Waals surface area contributed by atoms with Crippen LogP contribution in [0.3, 0.4) is 0 Å². The molecule has 0 unspecified atom stereocenters. The van der Waals surface area contributed by atoms with Gasteiger partial charge in [-0.05, 0) is 24.3 Å². The summed E-state index contributed by atoms with van der Waals surface area (Å²) in [6.07, 6.45) is 0. The summed E-state index contributed by atoms with van der Waals surface area (Å²) in [4.78, 5) is 51.4. The van der Waals surface area contributed by atoms with Crippen LogP contribution in [-0.2, 0) is 9.59 Å². The van der Waals surface area contributed by atoms with Gasteiger partial charge in [0.1, 0.15) is 0 Å². The average Bonchev–Trinajstić information content (AvgIpc) is 2.78. The van der Waals surface area contributed by atoms with Gasteiger partial charge in [0.15, 0.2) is 0 Å². The molecule has 0 aliphatic heterocycles. The minimum absolute atomic E-state index is 0. The quantitative estimate of drug-likeness (QED) is 0.389. The number of aromatic carboxylic acids is 2. The van der Waals surface area contributed by atoms with Crippen molar-refractivity contribution >= 4 is 94.7 Å². The minimum Gasteiger partial charge on any atom is -0.543 e. The maximum atomic E-state index is 11.0. The van der Waals surface area contributed by atoms with Crippen molar-refractivity contribution in [2.75, 3.05) is 10.6 Å². The molecule has 35 heavy (non-hydrogen) atoms. The van der Waals surface area contributed by atoms with Crippen LogP contribution in [0, 0.1) is 0 Å². The molecule has 0 atom stereocenters. The van der Waals surface area contributed by atoms with E-state index in [4.69, 9.17) is 0 Å². The van der Waals surface area contributed by atoms with Crippen molar-refractivity contribution in [3.05, 3.63) is 72.1 Å². The second-order valence-electron chi connectivity index (χ2n) is 7.08. The first kappa shape index (κ1) is 27.6. The second-order valence-corrected chi connectivity index (χ2v) is 7.08. The number of carbonyl (C=O) groups excluding carboxylic acids is 4. The largest absolute Gasteiger partial charge is 2.00 e. The molecule has 4 aromatic rings. The summed E-state index contributed by atoms with van der Waals surface area (Å²) in [5.74, 6) is -3.16. The van der Waals surface area contributed by atoms with Gasteiger partial charge in [-0.1, -0.05) is 36.4 Å². The monoisotopic (exact) mass is 498 g/mol. The number of carboxylic acid groups (broad SMARTS) is 2. The molecule has 172 valence electrons. The number of nitrogens with one attached hydrogen (secondary N) is 2. The first-order valence-corrected chi connectivity index (χ1v) is 9.93. The molecule has 0 aliphatic rings. The van der Waals surface area contributed by atoms with Crippen molar-refractivity contribution in [2.45, 2.75) is 13.8 Å². The Morgan fingerprint density at radius 1 is 0.629 bits per heavy atom. The van der Waals surface area contributed by atoms with E-state index < -0.39 is 11.9 Å². The summed E-state index contributed by atoms with van der Waals surface area (Å²) in [6.45, 7) is 2.75. The SMILES string of the molecule is CC(=O)Nc1cccc2ccc(C(=O)[O-])nc12.CC(=O)Nc1cccc2ccc(C(=O)[O-])nc12.[Ca+2]. The molecular weight excluding hydrogens is 480 g/mol. The van der Waals surface area contributed by atoms with E-state index in [1.54, 1.807) is 48.5 Å². The van der Waals surface area contributed by atoms with Gasteiger partial charge in [-0.2, -0.15) is 0 Å². The fraction of sp³-hybridized carbons (Fsp3) is 0.0833. The van der Waals surface area contributed by atoms with E-state index in [9.17, 15) is 29.4 Å². The van der Waals surface area contributed by atoms with Gasteiger partial charge < -0.3 is 30.4 Å². The molecule has 2 heterocycles. The van der Waals surface area contributed by atoms with Gasteiger partial charge in [-0.25, -0.2) is 9.97 Å². The predicted molar refractivity (Wildman–Crippen MR) is 127 cm³/mol. The van der Waals surface area contributed by atoms with Crippen molar-refractivity contribution in [1.82, 2.24) is 9.97 Å². The van der Waals surface area contributed by atoms with Crippen LogP contribution in [0.1, 0.15) is 34.8 Å². The molecule has 0 radical (unpaired) electrons. The number of aromatic nitrogens is 2. The zero-order valence-corrected chi connectivity index (χ0v) is 21.0.